The second-order valence-electron chi connectivity index (χ2n) is 8.75. The van der Waals surface area contributed by atoms with Crippen molar-refractivity contribution in [1.29, 1.82) is 0 Å². The summed E-state index contributed by atoms with van der Waals surface area (Å²) in [5.74, 6) is -0.265. The molecule has 0 saturated carbocycles. The van der Waals surface area contributed by atoms with Crippen molar-refractivity contribution in [3.05, 3.63) is 137 Å². The molecule has 190 valence electrons. The number of halogens is 1. The van der Waals surface area contributed by atoms with Gasteiger partial charge in [0, 0.05) is 24.7 Å². The Bertz CT molecular complexity index is 1340. The van der Waals surface area contributed by atoms with Gasteiger partial charge in [0.15, 0.2) is 0 Å². The van der Waals surface area contributed by atoms with E-state index in [-0.39, 0.29) is 23.9 Å². The zero-order valence-corrected chi connectivity index (χ0v) is 22.0. The second kappa shape index (κ2) is 12.7. The van der Waals surface area contributed by atoms with E-state index in [4.69, 9.17) is 11.6 Å². The van der Waals surface area contributed by atoms with Gasteiger partial charge in [-0.2, -0.15) is 4.31 Å². The van der Waals surface area contributed by atoms with Crippen LogP contribution >= 0.6 is 11.6 Å². The summed E-state index contributed by atoms with van der Waals surface area (Å²) in [5, 5.41) is 0.447. The van der Waals surface area contributed by atoms with E-state index in [1.807, 2.05) is 91.0 Å². The Morgan fingerprint density at radius 1 is 0.649 bits per heavy atom. The Morgan fingerprint density at radius 3 is 1.59 bits per heavy atom. The minimum absolute atomic E-state index is 0.107. The number of carbonyl (C=O) groups is 1. The molecule has 0 unspecified atom stereocenters. The Hall–Kier alpha value is -3.45. The van der Waals surface area contributed by atoms with Crippen molar-refractivity contribution in [3.63, 3.8) is 0 Å². The molecule has 0 aromatic heterocycles. The van der Waals surface area contributed by atoms with Crippen LogP contribution in [0, 0.1) is 0 Å². The van der Waals surface area contributed by atoms with Gasteiger partial charge >= 0.3 is 0 Å². The molecule has 0 heterocycles. The summed E-state index contributed by atoms with van der Waals surface area (Å²) in [4.78, 5) is 15.5. The van der Waals surface area contributed by atoms with Crippen LogP contribution in [0.25, 0.3) is 0 Å². The predicted octanol–water partition coefficient (Wildman–Crippen LogP) is 5.80. The highest BCUT2D eigenvalue weighted by Crippen LogP contribution is 2.20. The van der Waals surface area contributed by atoms with Gasteiger partial charge in [0.05, 0.1) is 11.4 Å². The molecule has 0 spiro atoms. The lowest BCUT2D eigenvalue weighted by Crippen LogP contribution is -2.43. The van der Waals surface area contributed by atoms with Crippen LogP contribution in [-0.2, 0) is 34.3 Å². The molecular formula is C30H29ClN2O3S. The Labute approximate surface area is 224 Å². The molecule has 0 aliphatic rings. The quantitative estimate of drug-likeness (QED) is 0.245. The number of sulfonamides is 1. The smallest absolute Gasteiger partial charge is 0.243 e. The molecule has 0 fully saturated rings. The summed E-state index contributed by atoms with van der Waals surface area (Å²) in [5.41, 5.74) is 2.95. The second-order valence-corrected chi connectivity index (χ2v) is 11.1. The van der Waals surface area contributed by atoms with Gasteiger partial charge in [0.1, 0.15) is 0 Å². The first-order valence-corrected chi connectivity index (χ1v) is 13.9. The van der Waals surface area contributed by atoms with Gasteiger partial charge in [0.25, 0.3) is 0 Å². The zero-order valence-electron chi connectivity index (χ0n) is 20.4. The largest absolute Gasteiger partial charge is 0.333 e. The minimum atomic E-state index is -3.94. The van der Waals surface area contributed by atoms with E-state index in [1.54, 1.807) is 17.0 Å². The van der Waals surface area contributed by atoms with Crippen molar-refractivity contribution in [2.45, 2.75) is 24.4 Å². The Balaban J connectivity index is 1.61. The van der Waals surface area contributed by atoms with Crippen molar-refractivity contribution in [1.82, 2.24) is 9.21 Å². The summed E-state index contributed by atoms with van der Waals surface area (Å²) in [7, 11) is -3.94. The standard InChI is InChI=1S/C30H29ClN2O3S/c31-28-16-18-29(19-17-28)37(35,36)33(21-20-25-10-4-1-5-11-25)24-30(34)32(22-26-12-6-2-7-13-26)23-27-14-8-3-9-15-27/h1-19H,20-24H2. The molecule has 4 rings (SSSR count). The van der Waals surface area contributed by atoms with Gasteiger partial charge in [-0.25, -0.2) is 8.42 Å². The molecule has 37 heavy (non-hydrogen) atoms. The molecule has 7 heteroatoms. The van der Waals surface area contributed by atoms with E-state index < -0.39 is 10.0 Å². The number of hydrogen-bond donors (Lipinski definition) is 0. The molecule has 0 saturated heterocycles. The highest BCUT2D eigenvalue weighted by Gasteiger charge is 2.28. The van der Waals surface area contributed by atoms with E-state index in [0.29, 0.717) is 24.5 Å². The maximum atomic E-state index is 13.7. The third-order valence-electron chi connectivity index (χ3n) is 6.04. The molecule has 0 atom stereocenters. The average molecular weight is 533 g/mol. The van der Waals surface area contributed by atoms with Gasteiger partial charge < -0.3 is 4.90 Å². The van der Waals surface area contributed by atoms with Crippen molar-refractivity contribution in [2.24, 2.45) is 0 Å². The molecule has 0 radical (unpaired) electrons. The van der Waals surface area contributed by atoms with Gasteiger partial charge in [-0.3, -0.25) is 4.79 Å². The number of carbonyl (C=O) groups excluding carboxylic acids is 1. The van der Waals surface area contributed by atoms with Crippen molar-refractivity contribution < 1.29 is 13.2 Å². The SMILES string of the molecule is O=C(CN(CCc1ccccc1)S(=O)(=O)c1ccc(Cl)cc1)N(Cc1ccccc1)Cc1ccccc1. The number of rotatable bonds is 11. The van der Waals surface area contributed by atoms with Crippen molar-refractivity contribution in [3.8, 4) is 0 Å². The van der Waals surface area contributed by atoms with Crippen LogP contribution < -0.4 is 0 Å². The normalized spacial score (nSPS) is 11.4. The number of nitrogens with zero attached hydrogens (tertiary/aromatic N) is 2. The van der Waals surface area contributed by atoms with Crippen LogP contribution in [0.15, 0.2) is 120 Å². The third kappa shape index (κ3) is 7.52. The van der Waals surface area contributed by atoms with Crippen LogP contribution in [0.3, 0.4) is 0 Å². The van der Waals surface area contributed by atoms with Gasteiger partial charge in [-0.05, 0) is 47.4 Å². The monoisotopic (exact) mass is 532 g/mol. The highest BCUT2D eigenvalue weighted by atomic mass is 35.5. The van der Waals surface area contributed by atoms with Gasteiger partial charge in [-0.1, -0.05) is 103 Å². The van der Waals surface area contributed by atoms with E-state index in [2.05, 4.69) is 0 Å². The molecule has 0 aliphatic carbocycles. The molecular weight excluding hydrogens is 504 g/mol. The maximum Gasteiger partial charge on any atom is 0.243 e. The van der Waals surface area contributed by atoms with Crippen LogP contribution in [0.5, 0.6) is 0 Å². The summed E-state index contributed by atoms with van der Waals surface area (Å²) in [6.45, 7) is 0.660. The average Bonchev–Trinajstić information content (AvgIpc) is 2.92. The fraction of sp³-hybridized carbons (Fsp3) is 0.167. The fourth-order valence-corrected chi connectivity index (χ4v) is 5.55. The van der Waals surface area contributed by atoms with E-state index >= 15 is 0 Å². The number of amides is 1. The number of hydrogen-bond acceptors (Lipinski definition) is 3. The van der Waals surface area contributed by atoms with E-state index in [0.717, 1.165) is 16.7 Å². The van der Waals surface area contributed by atoms with Crippen LogP contribution in [-0.4, -0.2) is 36.6 Å². The summed E-state index contributed by atoms with van der Waals surface area (Å²) >= 11 is 5.99. The fourth-order valence-electron chi connectivity index (χ4n) is 4.03. The number of benzene rings is 4. The predicted molar refractivity (Wildman–Crippen MR) is 147 cm³/mol. The van der Waals surface area contributed by atoms with E-state index in [9.17, 15) is 13.2 Å². The van der Waals surface area contributed by atoms with Crippen molar-refractivity contribution >= 4 is 27.5 Å². The summed E-state index contributed by atoms with van der Waals surface area (Å²) < 4.78 is 28.6. The molecule has 4 aromatic carbocycles. The zero-order chi connectivity index (χ0) is 26.1. The first-order chi connectivity index (χ1) is 17.9. The lowest BCUT2D eigenvalue weighted by Gasteiger charge is -2.28. The third-order valence-corrected chi connectivity index (χ3v) is 8.15. The topological polar surface area (TPSA) is 57.7 Å². The first-order valence-electron chi connectivity index (χ1n) is 12.1. The molecule has 0 aliphatic heterocycles. The first kappa shape index (κ1) is 26.6. The lowest BCUT2D eigenvalue weighted by molar-refractivity contribution is -0.132. The summed E-state index contributed by atoms with van der Waals surface area (Å²) in [6.07, 6.45) is 0.484. The molecule has 1 amide bonds. The van der Waals surface area contributed by atoms with Gasteiger partial charge in [0.2, 0.25) is 15.9 Å². The summed E-state index contributed by atoms with van der Waals surface area (Å²) in [6, 6.07) is 35.1. The molecule has 4 aromatic rings. The molecule has 5 nitrogen and oxygen atoms in total. The Kier molecular flexibility index (Phi) is 9.12. The van der Waals surface area contributed by atoms with Crippen LogP contribution in [0.2, 0.25) is 5.02 Å². The van der Waals surface area contributed by atoms with Crippen LogP contribution in [0.4, 0.5) is 0 Å². The molecule has 0 bridgehead atoms. The van der Waals surface area contributed by atoms with Crippen molar-refractivity contribution in [2.75, 3.05) is 13.1 Å². The minimum Gasteiger partial charge on any atom is -0.333 e. The van der Waals surface area contributed by atoms with Crippen LogP contribution in [0.1, 0.15) is 16.7 Å². The highest BCUT2D eigenvalue weighted by molar-refractivity contribution is 7.89. The van der Waals surface area contributed by atoms with E-state index in [1.165, 1.54) is 16.4 Å². The Morgan fingerprint density at radius 2 is 1.11 bits per heavy atom. The molecule has 0 N–H and O–H groups in total. The lowest BCUT2D eigenvalue weighted by atomic mass is 10.1. The maximum absolute atomic E-state index is 13.7. The van der Waals surface area contributed by atoms with Gasteiger partial charge in [-0.15, -0.1) is 0 Å².